The van der Waals surface area contributed by atoms with Gasteiger partial charge >= 0.3 is 0 Å². The molecule has 0 bridgehead atoms. The van der Waals surface area contributed by atoms with Crippen LogP contribution in [0.1, 0.15) is 6.42 Å². The van der Waals surface area contributed by atoms with Gasteiger partial charge in [-0.05, 0) is 12.2 Å². The molecule has 0 aromatic heterocycles. The number of nitrogens with two attached hydrogens (primary N) is 1. The largest absolute Gasteiger partial charge is 0.319 e. The molecule has 0 aromatic rings. The van der Waals surface area contributed by atoms with E-state index in [-0.39, 0.29) is 6.42 Å². The molecule has 0 saturated carbocycles. The molecular formula is C10H13F2NO2S. The fourth-order valence-corrected chi connectivity index (χ4v) is 2.12. The van der Waals surface area contributed by atoms with Crippen LogP contribution in [-0.2, 0) is 9.84 Å². The summed E-state index contributed by atoms with van der Waals surface area (Å²) in [5.74, 6) is -1.24. The summed E-state index contributed by atoms with van der Waals surface area (Å²) in [6.45, 7) is 3.11. The molecule has 0 saturated heterocycles. The maximum atomic E-state index is 14.1. The van der Waals surface area contributed by atoms with E-state index in [1.807, 2.05) is 0 Å². The second kappa shape index (κ2) is 4.47. The third kappa shape index (κ3) is 2.76. The highest BCUT2D eigenvalue weighted by molar-refractivity contribution is 7.94. The van der Waals surface area contributed by atoms with E-state index in [9.17, 15) is 17.2 Å². The minimum Gasteiger partial charge on any atom is -0.319 e. The first-order valence-corrected chi connectivity index (χ1v) is 6.37. The number of rotatable bonds is 4. The fraction of sp³-hybridized carbons (Fsp3) is 0.400. The van der Waals surface area contributed by atoms with Crippen molar-refractivity contribution in [2.45, 2.75) is 18.1 Å². The van der Waals surface area contributed by atoms with E-state index in [1.54, 1.807) is 0 Å². The van der Waals surface area contributed by atoms with Crippen molar-refractivity contribution in [3.63, 3.8) is 0 Å². The summed E-state index contributed by atoms with van der Waals surface area (Å²) in [6.07, 6.45) is 2.95. The normalized spacial score (nSPS) is 29.9. The Bertz CT molecular complexity index is 442. The van der Waals surface area contributed by atoms with Crippen molar-refractivity contribution in [1.82, 2.24) is 0 Å². The van der Waals surface area contributed by atoms with Gasteiger partial charge < -0.3 is 5.73 Å². The Kier molecular flexibility index (Phi) is 3.64. The van der Waals surface area contributed by atoms with Gasteiger partial charge in [0, 0.05) is 11.8 Å². The topological polar surface area (TPSA) is 60.2 Å². The molecule has 0 fully saturated rings. The Morgan fingerprint density at radius 3 is 2.81 bits per heavy atom. The van der Waals surface area contributed by atoms with Crippen LogP contribution in [0.5, 0.6) is 0 Å². The Balaban J connectivity index is 2.78. The molecule has 2 N–H and O–H groups in total. The molecule has 1 aliphatic rings. The second-order valence-electron chi connectivity index (χ2n) is 3.60. The van der Waals surface area contributed by atoms with E-state index in [1.165, 1.54) is 6.08 Å². The molecular weight excluding hydrogens is 236 g/mol. The average Bonchev–Trinajstić information content (AvgIpc) is 2.24. The summed E-state index contributed by atoms with van der Waals surface area (Å²) in [4.78, 5) is 0. The van der Waals surface area contributed by atoms with E-state index in [4.69, 9.17) is 5.73 Å². The molecule has 2 atom stereocenters. The molecule has 0 heterocycles. The number of alkyl halides is 1. The van der Waals surface area contributed by atoms with Gasteiger partial charge in [-0.25, -0.2) is 17.2 Å². The number of allylic oxidation sites excluding steroid dienone is 2. The van der Waals surface area contributed by atoms with Gasteiger partial charge in [0.25, 0.3) is 0 Å². The van der Waals surface area contributed by atoms with Crippen LogP contribution in [0.2, 0.25) is 0 Å². The molecule has 1 rings (SSSR count). The third-order valence-corrected chi connectivity index (χ3v) is 3.75. The standard InChI is InChI=1S/C10H13F2NO2S/c1-2-16(14,15)7-6-10(12)5-3-4-8(11)9(10)13/h2-5,9H,1,6-7,13H2. The summed E-state index contributed by atoms with van der Waals surface area (Å²) in [6, 6.07) is -1.45. The number of hydrogen-bond acceptors (Lipinski definition) is 3. The zero-order chi connectivity index (χ0) is 12.4. The third-order valence-electron chi connectivity index (χ3n) is 2.47. The van der Waals surface area contributed by atoms with Crippen LogP contribution in [-0.4, -0.2) is 25.9 Å². The smallest absolute Gasteiger partial charge is 0.171 e. The number of halogens is 2. The number of sulfone groups is 1. The highest BCUT2D eigenvalue weighted by atomic mass is 32.2. The summed E-state index contributed by atoms with van der Waals surface area (Å²) in [5, 5.41) is 0.751. The lowest BCUT2D eigenvalue weighted by molar-refractivity contribution is 0.180. The van der Waals surface area contributed by atoms with Crippen molar-refractivity contribution < 1.29 is 17.2 Å². The van der Waals surface area contributed by atoms with Crippen LogP contribution < -0.4 is 5.73 Å². The summed E-state index contributed by atoms with van der Waals surface area (Å²) < 4.78 is 49.4. The Morgan fingerprint density at radius 1 is 1.62 bits per heavy atom. The minimum atomic E-state index is -3.51. The van der Waals surface area contributed by atoms with E-state index in [2.05, 4.69) is 6.58 Å². The summed E-state index contributed by atoms with van der Waals surface area (Å²) in [7, 11) is -3.51. The monoisotopic (exact) mass is 249 g/mol. The van der Waals surface area contributed by atoms with Crippen molar-refractivity contribution in [3.05, 3.63) is 36.0 Å². The van der Waals surface area contributed by atoms with Gasteiger partial charge in [0.1, 0.15) is 5.83 Å². The lowest BCUT2D eigenvalue weighted by Crippen LogP contribution is -2.45. The van der Waals surface area contributed by atoms with E-state index >= 15 is 0 Å². The molecule has 6 heteroatoms. The molecule has 0 aromatic carbocycles. The summed E-state index contributed by atoms with van der Waals surface area (Å²) in [5.41, 5.74) is 3.18. The van der Waals surface area contributed by atoms with Crippen LogP contribution in [0.25, 0.3) is 0 Å². The van der Waals surface area contributed by atoms with E-state index in [0.29, 0.717) is 0 Å². The second-order valence-corrected chi connectivity index (χ2v) is 5.67. The van der Waals surface area contributed by atoms with Gasteiger partial charge in [0.05, 0.1) is 11.8 Å². The molecule has 3 nitrogen and oxygen atoms in total. The van der Waals surface area contributed by atoms with Crippen molar-refractivity contribution in [3.8, 4) is 0 Å². The maximum Gasteiger partial charge on any atom is 0.171 e. The molecule has 16 heavy (non-hydrogen) atoms. The molecule has 0 aliphatic heterocycles. The lowest BCUT2D eigenvalue weighted by atomic mass is 9.89. The first-order valence-electron chi connectivity index (χ1n) is 4.65. The molecule has 0 amide bonds. The first-order chi connectivity index (χ1) is 7.31. The average molecular weight is 249 g/mol. The molecule has 2 unspecified atom stereocenters. The van der Waals surface area contributed by atoms with Crippen LogP contribution >= 0.6 is 0 Å². The maximum absolute atomic E-state index is 14.1. The zero-order valence-electron chi connectivity index (χ0n) is 8.57. The minimum absolute atomic E-state index is 0.389. The predicted octanol–water partition coefficient (Wildman–Crippen LogP) is 1.39. The Labute approximate surface area is 93.2 Å². The van der Waals surface area contributed by atoms with Crippen LogP contribution in [0.3, 0.4) is 0 Å². The van der Waals surface area contributed by atoms with Gasteiger partial charge in [-0.3, -0.25) is 0 Å². The van der Waals surface area contributed by atoms with Gasteiger partial charge in [0.15, 0.2) is 15.5 Å². The Hall–Kier alpha value is -1.01. The van der Waals surface area contributed by atoms with Crippen LogP contribution in [0.15, 0.2) is 36.0 Å². The van der Waals surface area contributed by atoms with Crippen LogP contribution in [0.4, 0.5) is 8.78 Å². The molecule has 0 radical (unpaired) electrons. The zero-order valence-corrected chi connectivity index (χ0v) is 9.38. The molecule has 1 aliphatic carbocycles. The van der Waals surface area contributed by atoms with Gasteiger partial charge in [-0.15, -0.1) is 0 Å². The van der Waals surface area contributed by atoms with Gasteiger partial charge in [-0.2, -0.15) is 0 Å². The first kappa shape index (κ1) is 13.1. The molecule has 90 valence electrons. The fourth-order valence-electron chi connectivity index (χ4n) is 1.36. The van der Waals surface area contributed by atoms with Crippen LogP contribution in [0, 0.1) is 0 Å². The number of hydrogen-bond donors (Lipinski definition) is 1. The van der Waals surface area contributed by atoms with E-state index in [0.717, 1.165) is 17.6 Å². The highest BCUT2D eigenvalue weighted by Gasteiger charge is 2.39. The van der Waals surface area contributed by atoms with Gasteiger partial charge in [0.2, 0.25) is 0 Å². The van der Waals surface area contributed by atoms with Crippen molar-refractivity contribution in [1.29, 1.82) is 0 Å². The van der Waals surface area contributed by atoms with Crippen molar-refractivity contribution in [2.75, 3.05) is 5.75 Å². The quantitative estimate of drug-likeness (QED) is 0.819. The molecule has 0 spiro atoms. The predicted molar refractivity (Wildman–Crippen MR) is 58.7 cm³/mol. The SMILES string of the molecule is C=CS(=O)(=O)CCC1(F)C=CC=C(F)C1N. The summed E-state index contributed by atoms with van der Waals surface area (Å²) >= 11 is 0. The van der Waals surface area contributed by atoms with Crippen molar-refractivity contribution in [2.24, 2.45) is 5.73 Å². The van der Waals surface area contributed by atoms with E-state index < -0.39 is 33.1 Å². The Morgan fingerprint density at radius 2 is 2.25 bits per heavy atom. The van der Waals surface area contributed by atoms with Gasteiger partial charge in [-0.1, -0.05) is 12.7 Å². The highest BCUT2D eigenvalue weighted by Crippen LogP contribution is 2.30. The lowest BCUT2D eigenvalue weighted by Gasteiger charge is -2.29. The van der Waals surface area contributed by atoms with Crippen molar-refractivity contribution >= 4 is 9.84 Å².